The molecule has 0 amide bonds. The zero-order valence-corrected chi connectivity index (χ0v) is 17.1. The molecule has 2 rings (SSSR count). The Morgan fingerprint density at radius 1 is 1.38 bits per heavy atom. The lowest BCUT2D eigenvalue weighted by atomic mass is 10.2. The van der Waals surface area contributed by atoms with E-state index in [1.54, 1.807) is 25.0 Å². The van der Waals surface area contributed by atoms with Gasteiger partial charge in [-0.05, 0) is 5.56 Å². The standard InChI is InChI=1S/C19H25N9S/c1-23-17(21)27-19-25-12-16(26-19)13-29-11-10-28(14-20)18(22)24-9-5-8-15-6-3-2-4-7-15/h2-8,12H,9-11,13H2,1H3,(H2,22,24)(H4,21,23,25,26,27)/b8-5+. The third-order valence-electron chi connectivity index (χ3n) is 3.70. The van der Waals surface area contributed by atoms with E-state index in [1.807, 2.05) is 42.5 Å². The van der Waals surface area contributed by atoms with Crippen LogP contribution in [0.25, 0.3) is 6.08 Å². The van der Waals surface area contributed by atoms with E-state index in [9.17, 15) is 5.26 Å². The summed E-state index contributed by atoms with van der Waals surface area (Å²) < 4.78 is 0. The molecule has 10 heteroatoms. The molecule has 0 unspecified atom stereocenters. The van der Waals surface area contributed by atoms with Crippen LogP contribution in [-0.2, 0) is 5.75 Å². The fourth-order valence-electron chi connectivity index (χ4n) is 2.21. The van der Waals surface area contributed by atoms with Crippen molar-refractivity contribution >= 4 is 35.7 Å². The van der Waals surface area contributed by atoms with Crippen LogP contribution in [0.2, 0.25) is 0 Å². The Hall–Kier alpha value is -3.45. The van der Waals surface area contributed by atoms with Crippen molar-refractivity contribution in [2.24, 2.45) is 21.5 Å². The monoisotopic (exact) mass is 411 g/mol. The third kappa shape index (κ3) is 7.98. The highest BCUT2D eigenvalue weighted by atomic mass is 32.2. The summed E-state index contributed by atoms with van der Waals surface area (Å²) >= 11 is 1.65. The number of aromatic amines is 1. The van der Waals surface area contributed by atoms with Gasteiger partial charge in [0.05, 0.1) is 12.7 Å². The van der Waals surface area contributed by atoms with Gasteiger partial charge in [0.2, 0.25) is 11.9 Å². The van der Waals surface area contributed by atoms with Gasteiger partial charge in [-0.2, -0.15) is 17.0 Å². The van der Waals surface area contributed by atoms with Gasteiger partial charge in [-0.3, -0.25) is 10.3 Å². The third-order valence-corrected chi connectivity index (χ3v) is 4.68. The fraction of sp³-hybridized carbons (Fsp3) is 0.263. The van der Waals surface area contributed by atoms with Gasteiger partial charge < -0.3 is 16.5 Å². The molecule has 29 heavy (non-hydrogen) atoms. The number of guanidine groups is 2. The molecule has 9 nitrogen and oxygen atoms in total. The quantitative estimate of drug-likeness (QED) is 0.162. The Balaban J connectivity index is 1.72. The Kier molecular flexibility index (Phi) is 9.11. The smallest absolute Gasteiger partial charge is 0.207 e. The lowest BCUT2D eigenvalue weighted by Crippen LogP contribution is -2.35. The van der Waals surface area contributed by atoms with Gasteiger partial charge in [-0.25, -0.2) is 14.9 Å². The summed E-state index contributed by atoms with van der Waals surface area (Å²) in [6.07, 6.45) is 7.68. The molecule has 1 aromatic heterocycles. The summed E-state index contributed by atoms with van der Waals surface area (Å²) in [5, 5.41) is 12.1. The topological polar surface area (TPSA) is 144 Å². The fourth-order valence-corrected chi connectivity index (χ4v) is 3.03. The molecule has 1 heterocycles. The Morgan fingerprint density at radius 2 is 2.17 bits per heavy atom. The molecule has 0 fully saturated rings. The van der Waals surface area contributed by atoms with Crippen molar-refractivity contribution in [2.75, 3.05) is 31.2 Å². The summed E-state index contributed by atoms with van der Waals surface area (Å²) in [4.78, 5) is 16.7. The molecule has 0 saturated heterocycles. The molecule has 0 spiro atoms. The summed E-state index contributed by atoms with van der Waals surface area (Å²) in [6.45, 7) is 0.897. The number of aromatic nitrogens is 2. The van der Waals surface area contributed by atoms with E-state index in [0.29, 0.717) is 30.5 Å². The molecule has 152 valence electrons. The van der Waals surface area contributed by atoms with E-state index >= 15 is 0 Å². The molecule has 0 aliphatic carbocycles. The Labute approximate surface area is 174 Å². The second-order valence-corrected chi connectivity index (χ2v) is 6.91. The van der Waals surface area contributed by atoms with Crippen LogP contribution in [0.4, 0.5) is 5.95 Å². The normalized spacial score (nSPS) is 12.1. The molecule has 1 aromatic carbocycles. The number of thioether (sulfide) groups is 1. The zero-order chi connectivity index (χ0) is 20.9. The molecular formula is C19H25N9S. The number of hydrogen-bond donors (Lipinski definition) is 4. The number of nitrogens with zero attached hydrogens (tertiary/aromatic N) is 5. The highest BCUT2D eigenvalue weighted by Crippen LogP contribution is 2.12. The van der Waals surface area contributed by atoms with Crippen molar-refractivity contribution in [3.05, 3.63) is 53.9 Å². The molecule has 0 radical (unpaired) electrons. The number of hydrogen-bond acceptors (Lipinski definition) is 5. The largest absolute Gasteiger partial charge is 0.370 e. The molecule has 2 aromatic rings. The van der Waals surface area contributed by atoms with Crippen molar-refractivity contribution in [1.29, 1.82) is 5.26 Å². The lowest BCUT2D eigenvalue weighted by molar-refractivity contribution is 0.604. The molecule has 0 aliphatic heterocycles. The van der Waals surface area contributed by atoms with Crippen LogP contribution in [0.5, 0.6) is 0 Å². The van der Waals surface area contributed by atoms with Crippen LogP contribution in [-0.4, -0.2) is 52.7 Å². The Morgan fingerprint density at radius 3 is 2.90 bits per heavy atom. The number of imidazole rings is 1. The van der Waals surface area contributed by atoms with Gasteiger partial charge >= 0.3 is 0 Å². The highest BCUT2D eigenvalue weighted by molar-refractivity contribution is 7.98. The van der Waals surface area contributed by atoms with E-state index in [4.69, 9.17) is 11.5 Å². The van der Waals surface area contributed by atoms with Crippen LogP contribution in [0.1, 0.15) is 11.3 Å². The first kappa shape index (κ1) is 21.8. The predicted octanol–water partition coefficient (Wildman–Crippen LogP) is 1.81. The lowest BCUT2D eigenvalue weighted by Gasteiger charge is -2.13. The number of benzene rings is 1. The van der Waals surface area contributed by atoms with Crippen molar-refractivity contribution in [2.45, 2.75) is 5.75 Å². The first-order chi connectivity index (χ1) is 14.1. The minimum Gasteiger partial charge on any atom is -0.370 e. The minimum absolute atomic E-state index is 0.216. The number of nitrogens with one attached hydrogen (secondary N) is 2. The minimum atomic E-state index is 0.216. The number of aliphatic imine (C=N–C) groups is 2. The predicted molar refractivity (Wildman–Crippen MR) is 120 cm³/mol. The van der Waals surface area contributed by atoms with Crippen LogP contribution < -0.4 is 16.8 Å². The first-order valence-corrected chi connectivity index (χ1v) is 10.1. The summed E-state index contributed by atoms with van der Waals surface area (Å²) in [6, 6.07) is 9.93. The van der Waals surface area contributed by atoms with Crippen molar-refractivity contribution in [3.8, 4) is 6.19 Å². The van der Waals surface area contributed by atoms with Crippen LogP contribution in [0.15, 0.2) is 52.6 Å². The highest BCUT2D eigenvalue weighted by Gasteiger charge is 2.07. The second-order valence-electron chi connectivity index (χ2n) is 5.81. The van der Waals surface area contributed by atoms with Crippen LogP contribution in [0.3, 0.4) is 0 Å². The van der Waals surface area contributed by atoms with Gasteiger partial charge in [0.15, 0.2) is 12.2 Å². The maximum Gasteiger partial charge on any atom is 0.207 e. The Bertz CT molecular complexity index is 881. The zero-order valence-electron chi connectivity index (χ0n) is 16.2. The maximum absolute atomic E-state index is 9.30. The first-order valence-electron chi connectivity index (χ1n) is 8.92. The van der Waals surface area contributed by atoms with E-state index < -0.39 is 0 Å². The van der Waals surface area contributed by atoms with Gasteiger partial charge in [0.25, 0.3) is 0 Å². The second kappa shape index (κ2) is 12.1. The molecule has 0 aliphatic rings. The summed E-state index contributed by atoms with van der Waals surface area (Å²) in [5.41, 5.74) is 13.6. The van der Waals surface area contributed by atoms with Crippen LogP contribution in [0, 0.1) is 11.5 Å². The molecule has 6 N–H and O–H groups in total. The van der Waals surface area contributed by atoms with E-state index in [1.165, 1.54) is 4.90 Å². The van der Waals surface area contributed by atoms with Crippen LogP contribution >= 0.6 is 11.8 Å². The van der Waals surface area contributed by atoms with E-state index in [-0.39, 0.29) is 11.9 Å². The van der Waals surface area contributed by atoms with E-state index in [2.05, 4.69) is 31.5 Å². The number of nitrogens with two attached hydrogens (primary N) is 2. The number of H-pyrrole nitrogens is 1. The number of rotatable bonds is 9. The van der Waals surface area contributed by atoms with Gasteiger partial charge in [0, 0.05) is 30.8 Å². The molecule has 0 bridgehead atoms. The van der Waals surface area contributed by atoms with Gasteiger partial charge in [-0.15, -0.1) is 0 Å². The van der Waals surface area contributed by atoms with Crippen molar-refractivity contribution < 1.29 is 0 Å². The summed E-state index contributed by atoms with van der Waals surface area (Å²) in [5.74, 6) is 2.48. The average Bonchev–Trinajstić information content (AvgIpc) is 3.18. The average molecular weight is 412 g/mol. The van der Waals surface area contributed by atoms with Gasteiger partial charge in [0.1, 0.15) is 0 Å². The SMILES string of the molecule is CN=C(N)Nc1ncc(CSCCN(C#N)C(N)=NC/C=C/c2ccccc2)[nH]1. The molecule has 0 atom stereocenters. The maximum atomic E-state index is 9.30. The number of nitriles is 1. The molecular weight excluding hydrogens is 386 g/mol. The van der Waals surface area contributed by atoms with Gasteiger partial charge in [-0.1, -0.05) is 42.5 Å². The number of anilines is 1. The van der Waals surface area contributed by atoms with Crippen molar-refractivity contribution in [3.63, 3.8) is 0 Å². The van der Waals surface area contributed by atoms with Crippen molar-refractivity contribution in [1.82, 2.24) is 14.9 Å². The molecule has 0 saturated carbocycles. The van der Waals surface area contributed by atoms with E-state index in [0.717, 1.165) is 11.3 Å². The summed E-state index contributed by atoms with van der Waals surface area (Å²) in [7, 11) is 1.59.